The van der Waals surface area contributed by atoms with E-state index in [2.05, 4.69) is 5.32 Å². The van der Waals surface area contributed by atoms with E-state index in [0.29, 0.717) is 31.1 Å². The number of hydrogen-bond donors (Lipinski definition) is 2. The molecule has 35 heavy (non-hydrogen) atoms. The summed E-state index contributed by atoms with van der Waals surface area (Å²) < 4.78 is 38.3. The van der Waals surface area contributed by atoms with Gasteiger partial charge in [0.2, 0.25) is 5.91 Å². The Labute approximate surface area is 208 Å². The van der Waals surface area contributed by atoms with Crippen LogP contribution in [0.3, 0.4) is 0 Å². The lowest BCUT2D eigenvalue weighted by atomic mass is 9.94. The van der Waals surface area contributed by atoms with Crippen LogP contribution in [0.1, 0.15) is 37.4 Å². The number of nitrogens with zero attached hydrogens (tertiary/aromatic N) is 1. The van der Waals surface area contributed by atoms with Gasteiger partial charge in [-0.05, 0) is 42.3 Å². The Morgan fingerprint density at radius 2 is 1.83 bits per heavy atom. The Hall–Kier alpha value is -3.15. The number of nitrogens with one attached hydrogen (secondary N) is 1. The molecule has 1 amide bonds. The van der Waals surface area contributed by atoms with Crippen LogP contribution >= 0.6 is 11.3 Å². The maximum atomic E-state index is 12.8. The molecule has 9 nitrogen and oxygen atoms in total. The minimum absolute atomic E-state index is 0.104. The zero-order chi connectivity index (χ0) is 25.2. The van der Waals surface area contributed by atoms with Gasteiger partial charge in [-0.2, -0.15) is 13.6 Å². The van der Waals surface area contributed by atoms with E-state index in [-0.39, 0.29) is 17.7 Å². The molecule has 3 N–H and O–H groups in total. The molecule has 0 saturated carbocycles. The first-order valence-electron chi connectivity index (χ1n) is 11.0. The number of carbonyl (C=O) groups is 1. The molecule has 1 aliphatic rings. The monoisotopic (exact) mass is 517 g/mol. The molecule has 4 rings (SSSR count). The molecule has 0 aliphatic carbocycles. The Bertz CT molecular complexity index is 1310. The highest BCUT2D eigenvalue weighted by Gasteiger charge is 2.27. The predicted octanol–water partition coefficient (Wildman–Crippen LogP) is 3.61. The van der Waals surface area contributed by atoms with Crippen LogP contribution in [0.25, 0.3) is 11.3 Å². The summed E-state index contributed by atoms with van der Waals surface area (Å²) in [4.78, 5) is 17.6. The van der Waals surface area contributed by atoms with Crippen LogP contribution in [0, 0.1) is 5.41 Å². The highest BCUT2D eigenvalue weighted by Crippen LogP contribution is 2.36. The van der Waals surface area contributed by atoms with Crippen molar-refractivity contribution >= 4 is 27.5 Å². The molecule has 2 heterocycles. The number of amides is 1. The van der Waals surface area contributed by atoms with Crippen molar-refractivity contribution in [1.82, 2.24) is 10.3 Å². The summed E-state index contributed by atoms with van der Waals surface area (Å²) in [7, 11) is -4.10. The van der Waals surface area contributed by atoms with Crippen LogP contribution in [0.5, 0.6) is 17.2 Å². The lowest BCUT2D eigenvalue weighted by Gasteiger charge is -2.23. The zero-order valence-corrected chi connectivity index (χ0v) is 21.2. The van der Waals surface area contributed by atoms with Crippen molar-refractivity contribution in [2.75, 3.05) is 13.2 Å². The molecule has 2 aromatic carbocycles. The lowest BCUT2D eigenvalue weighted by Crippen LogP contribution is -2.38. The van der Waals surface area contributed by atoms with Gasteiger partial charge >= 0.3 is 10.3 Å². The number of thiazole rings is 1. The normalized spacial score (nSPS) is 14.3. The fourth-order valence-corrected chi connectivity index (χ4v) is 4.67. The molecule has 1 atom stereocenters. The summed E-state index contributed by atoms with van der Waals surface area (Å²) in [6.07, 6.45) is 0.450. The minimum Gasteiger partial charge on any atom is -0.486 e. The highest BCUT2D eigenvalue weighted by atomic mass is 32.2. The van der Waals surface area contributed by atoms with Gasteiger partial charge in [0, 0.05) is 16.4 Å². The number of ether oxygens (including phenoxy) is 2. The van der Waals surface area contributed by atoms with Gasteiger partial charge in [-0.25, -0.2) is 4.98 Å². The van der Waals surface area contributed by atoms with E-state index in [1.165, 1.54) is 23.5 Å². The number of carbonyl (C=O) groups excluding carboxylic acids is 1. The topological polar surface area (TPSA) is 130 Å². The molecular formula is C24H27N3O6S2. The summed E-state index contributed by atoms with van der Waals surface area (Å²) in [5, 5.41) is 10.7. The fourth-order valence-electron chi connectivity index (χ4n) is 3.41. The van der Waals surface area contributed by atoms with E-state index in [1.54, 1.807) is 12.1 Å². The number of nitrogens with two attached hydrogens (primary N) is 1. The van der Waals surface area contributed by atoms with Gasteiger partial charge in [0.15, 0.2) is 11.5 Å². The third kappa shape index (κ3) is 6.50. The molecule has 0 spiro atoms. The first kappa shape index (κ1) is 25.0. The van der Waals surface area contributed by atoms with E-state index in [4.69, 9.17) is 23.8 Å². The van der Waals surface area contributed by atoms with E-state index < -0.39 is 15.7 Å². The molecule has 1 unspecified atom stereocenters. The number of hydrogen-bond acceptors (Lipinski definition) is 8. The van der Waals surface area contributed by atoms with Crippen molar-refractivity contribution < 1.29 is 26.9 Å². The van der Waals surface area contributed by atoms with Crippen LogP contribution in [-0.4, -0.2) is 32.5 Å². The van der Waals surface area contributed by atoms with Gasteiger partial charge in [0.25, 0.3) is 0 Å². The number of benzene rings is 2. The maximum Gasteiger partial charge on any atom is 0.380 e. The van der Waals surface area contributed by atoms with Crippen molar-refractivity contribution in [3.05, 3.63) is 58.4 Å². The average Bonchev–Trinajstić information content (AvgIpc) is 3.28. The lowest BCUT2D eigenvalue weighted by molar-refractivity contribution is -0.129. The Morgan fingerprint density at radius 1 is 1.14 bits per heavy atom. The van der Waals surface area contributed by atoms with E-state index in [9.17, 15) is 13.2 Å². The molecule has 1 aromatic heterocycles. The zero-order valence-electron chi connectivity index (χ0n) is 19.6. The standard InChI is InChI=1S/C24H27N3O6S2/c1-24(2,3)23(28)27-18(12-15-4-7-17(8-5-15)33-35(25,29)30)22-26-19(14-34-22)16-6-9-20-21(13-16)32-11-10-31-20/h4-9,13-14,18H,10-12H2,1-3H3,(H,27,28)(H2,25,29,30). The molecule has 11 heteroatoms. The quantitative estimate of drug-likeness (QED) is 0.490. The van der Waals surface area contributed by atoms with Crippen molar-refractivity contribution in [2.45, 2.75) is 33.2 Å². The van der Waals surface area contributed by atoms with E-state index in [1.807, 2.05) is 44.4 Å². The van der Waals surface area contributed by atoms with Crippen LogP contribution < -0.4 is 24.1 Å². The third-order valence-corrected chi connectivity index (χ3v) is 6.60. The molecule has 1 aliphatic heterocycles. The second kappa shape index (κ2) is 9.84. The predicted molar refractivity (Wildman–Crippen MR) is 133 cm³/mol. The van der Waals surface area contributed by atoms with Gasteiger partial charge in [-0.1, -0.05) is 32.9 Å². The van der Waals surface area contributed by atoms with Crippen molar-refractivity contribution in [1.29, 1.82) is 0 Å². The summed E-state index contributed by atoms with van der Waals surface area (Å²) in [5.41, 5.74) is 1.94. The summed E-state index contributed by atoms with van der Waals surface area (Å²) in [6.45, 7) is 6.57. The van der Waals surface area contributed by atoms with Crippen molar-refractivity contribution in [2.24, 2.45) is 10.6 Å². The largest absolute Gasteiger partial charge is 0.486 e. The Kier molecular flexibility index (Phi) is 7.02. The van der Waals surface area contributed by atoms with Crippen molar-refractivity contribution in [3.63, 3.8) is 0 Å². The third-order valence-electron chi connectivity index (χ3n) is 5.22. The number of aromatic nitrogens is 1. The van der Waals surface area contributed by atoms with Gasteiger partial charge in [-0.3, -0.25) is 4.79 Å². The first-order valence-corrected chi connectivity index (χ1v) is 13.3. The van der Waals surface area contributed by atoms with Gasteiger partial charge in [0.05, 0.1) is 11.7 Å². The van der Waals surface area contributed by atoms with Gasteiger partial charge in [0.1, 0.15) is 24.0 Å². The fraction of sp³-hybridized carbons (Fsp3) is 0.333. The minimum atomic E-state index is -4.10. The molecule has 0 fully saturated rings. The van der Waals surface area contributed by atoms with Gasteiger partial charge in [-0.15, -0.1) is 11.3 Å². The second-order valence-electron chi connectivity index (χ2n) is 9.13. The molecular weight excluding hydrogens is 490 g/mol. The van der Waals surface area contributed by atoms with Crippen molar-refractivity contribution in [3.8, 4) is 28.5 Å². The van der Waals surface area contributed by atoms with Crippen LogP contribution in [0.4, 0.5) is 0 Å². The van der Waals surface area contributed by atoms with Crippen LogP contribution in [-0.2, 0) is 21.5 Å². The molecule has 3 aromatic rings. The second-order valence-corrected chi connectivity index (χ2v) is 11.2. The van der Waals surface area contributed by atoms with E-state index >= 15 is 0 Å². The summed E-state index contributed by atoms with van der Waals surface area (Å²) in [6, 6.07) is 11.8. The van der Waals surface area contributed by atoms with Crippen LogP contribution in [0.2, 0.25) is 0 Å². The summed E-state index contributed by atoms with van der Waals surface area (Å²) >= 11 is 1.45. The maximum absolute atomic E-state index is 12.8. The molecule has 0 bridgehead atoms. The SMILES string of the molecule is CC(C)(C)C(=O)NC(Cc1ccc(OS(N)(=O)=O)cc1)c1nc(-c2ccc3c(c2)OCCO3)cs1. The Balaban J connectivity index is 1.58. The van der Waals surface area contributed by atoms with Crippen LogP contribution in [0.15, 0.2) is 47.8 Å². The highest BCUT2D eigenvalue weighted by molar-refractivity contribution is 7.84. The first-order chi connectivity index (χ1) is 16.5. The average molecular weight is 518 g/mol. The molecule has 0 radical (unpaired) electrons. The van der Waals surface area contributed by atoms with E-state index in [0.717, 1.165) is 21.8 Å². The number of rotatable bonds is 7. The Morgan fingerprint density at radius 3 is 2.49 bits per heavy atom. The molecule has 0 saturated heterocycles. The van der Waals surface area contributed by atoms with Gasteiger partial charge < -0.3 is 19.0 Å². The summed E-state index contributed by atoms with van der Waals surface area (Å²) in [5.74, 6) is 1.40. The molecule has 186 valence electrons. The smallest absolute Gasteiger partial charge is 0.380 e. The number of fused-ring (bicyclic) bond motifs is 1.